The van der Waals surface area contributed by atoms with Crippen molar-refractivity contribution in [1.82, 2.24) is 9.80 Å². The van der Waals surface area contributed by atoms with Crippen molar-refractivity contribution in [3.63, 3.8) is 0 Å². The lowest BCUT2D eigenvalue weighted by Crippen LogP contribution is -2.48. The molecule has 0 radical (unpaired) electrons. The van der Waals surface area contributed by atoms with Gasteiger partial charge in [0, 0.05) is 38.3 Å². The van der Waals surface area contributed by atoms with Gasteiger partial charge in [-0.15, -0.1) is 11.3 Å². The van der Waals surface area contributed by atoms with Crippen molar-refractivity contribution < 1.29 is 18.7 Å². The molecule has 0 atom stereocenters. The summed E-state index contributed by atoms with van der Waals surface area (Å²) in [4.78, 5) is 17.8. The Hall–Kier alpha value is -2.90. The number of thiophene rings is 1. The summed E-state index contributed by atoms with van der Waals surface area (Å²) in [5.41, 5.74) is 2.07. The van der Waals surface area contributed by atoms with Gasteiger partial charge in [-0.3, -0.25) is 9.69 Å². The van der Waals surface area contributed by atoms with E-state index in [1.165, 1.54) is 23.5 Å². The molecule has 0 N–H and O–H groups in total. The monoisotopic (exact) mass is 440 g/mol. The molecule has 2 aromatic carbocycles. The van der Waals surface area contributed by atoms with Crippen molar-refractivity contribution in [3.05, 3.63) is 81.8 Å². The third-order valence-electron chi connectivity index (χ3n) is 5.31. The lowest BCUT2D eigenvalue weighted by Gasteiger charge is -2.34. The molecule has 1 aliphatic rings. The first-order valence-electron chi connectivity index (χ1n) is 10.2. The van der Waals surface area contributed by atoms with E-state index in [-0.39, 0.29) is 11.7 Å². The van der Waals surface area contributed by atoms with Crippen molar-refractivity contribution in [1.29, 1.82) is 0 Å². The smallest absolute Gasteiger partial charge is 0.264 e. The van der Waals surface area contributed by atoms with Crippen molar-refractivity contribution >= 4 is 17.2 Å². The molecule has 162 valence electrons. The summed E-state index contributed by atoms with van der Waals surface area (Å²) in [6, 6.07) is 16.0. The zero-order valence-corrected chi connectivity index (χ0v) is 18.2. The van der Waals surface area contributed by atoms with Crippen LogP contribution in [0.3, 0.4) is 0 Å². The van der Waals surface area contributed by atoms with Crippen LogP contribution in [-0.4, -0.2) is 49.0 Å². The minimum absolute atomic E-state index is 0.0714. The second-order valence-electron chi connectivity index (χ2n) is 7.48. The number of halogens is 1. The van der Waals surface area contributed by atoms with Crippen molar-refractivity contribution in [2.24, 2.45) is 0 Å². The topological polar surface area (TPSA) is 42.0 Å². The summed E-state index contributed by atoms with van der Waals surface area (Å²) in [7, 11) is 1.63. The molecule has 5 nitrogen and oxygen atoms in total. The second-order valence-corrected chi connectivity index (χ2v) is 8.39. The highest BCUT2D eigenvalue weighted by molar-refractivity contribution is 7.12. The molecule has 4 rings (SSSR count). The lowest BCUT2D eigenvalue weighted by atomic mass is 10.2. The van der Waals surface area contributed by atoms with E-state index in [0.29, 0.717) is 19.7 Å². The van der Waals surface area contributed by atoms with Gasteiger partial charge in [-0.2, -0.15) is 0 Å². The number of rotatable bonds is 7. The van der Waals surface area contributed by atoms with Crippen LogP contribution in [0, 0.1) is 5.82 Å². The average Bonchev–Trinajstić information content (AvgIpc) is 3.29. The number of amides is 1. The maximum Gasteiger partial charge on any atom is 0.264 e. The molecule has 3 aromatic rings. The van der Waals surface area contributed by atoms with Gasteiger partial charge >= 0.3 is 0 Å². The van der Waals surface area contributed by atoms with Gasteiger partial charge in [0.15, 0.2) is 0 Å². The molecule has 0 spiro atoms. The number of ether oxygens (including phenoxy) is 2. The van der Waals surface area contributed by atoms with Crippen LogP contribution in [0.1, 0.15) is 20.8 Å². The fraction of sp³-hybridized carbons (Fsp3) is 0.292. The van der Waals surface area contributed by atoms with Crippen molar-refractivity contribution in [2.45, 2.75) is 13.2 Å². The standard InChI is InChI=1S/C24H25FN2O3S/c1-29-21-6-8-22(9-7-21)30-16-19-14-23(31-17-19)24(28)27-12-10-26(11-13-27)15-18-2-4-20(25)5-3-18/h2-9,14,17H,10-13,15-16H2,1H3. The predicted octanol–water partition coefficient (Wildman–Crippen LogP) is 4.43. The van der Waals surface area contributed by atoms with Gasteiger partial charge in [-0.1, -0.05) is 12.1 Å². The Morgan fingerprint density at radius 1 is 0.968 bits per heavy atom. The molecule has 0 saturated carbocycles. The summed E-state index contributed by atoms with van der Waals surface area (Å²) >= 11 is 1.46. The number of benzene rings is 2. The second kappa shape index (κ2) is 9.94. The van der Waals surface area contributed by atoms with Crippen LogP contribution in [0.5, 0.6) is 11.5 Å². The van der Waals surface area contributed by atoms with Crippen molar-refractivity contribution in [2.75, 3.05) is 33.3 Å². The Labute approximate surface area is 185 Å². The van der Waals surface area contributed by atoms with Crippen LogP contribution in [0.25, 0.3) is 0 Å². The molecule has 0 unspecified atom stereocenters. The SMILES string of the molecule is COc1ccc(OCc2csc(C(=O)N3CCN(Cc4ccc(F)cc4)CC3)c2)cc1. The van der Waals surface area contributed by atoms with E-state index in [1.807, 2.05) is 52.7 Å². The lowest BCUT2D eigenvalue weighted by molar-refractivity contribution is 0.0633. The molecule has 1 aromatic heterocycles. The van der Waals surface area contributed by atoms with E-state index >= 15 is 0 Å². The molecule has 1 saturated heterocycles. The minimum atomic E-state index is -0.219. The highest BCUT2D eigenvalue weighted by Gasteiger charge is 2.23. The van der Waals surface area contributed by atoms with E-state index in [4.69, 9.17) is 9.47 Å². The van der Waals surface area contributed by atoms with Crippen LogP contribution in [0.4, 0.5) is 4.39 Å². The zero-order valence-electron chi connectivity index (χ0n) is 17.4. The molecule has 1 fully saturated rings. The quantitative estimate of drug-likeness (QED) is 0.545. The summed E-state index contributed by atoms with van der Waals surface area (Å²) in [5, 5.41) is 1.97. The van der Waals surface area contributed by atoms with E-state index in [9.17, 15) is 9.18 Å². The average molecular weight is 441 g/mol. The van der Waals surface area contributed by atoms with Gasteiger partial charge in [-0.05, 0) is 53.4 Å². The van der Waals surface area contributed by atoms with Crippen LogP contribution in [0.2, 0.25) is 0 Å². The number of piperazine rings is 1. The highest BCUT2D eigenvalue weighted by Crippen LogP contribution is 2.22. The van der Waals surface area contributed by atoms with E-state index in [2.05, 4.69) is 4.90 Å². The van der Waals surface area contributed by atoms with E-state index < -0.39 is 0 Å². The number of hydrogen-bond donors (Lipinski definition) is 0. The number of methoxy groups -OCH3 is 1. The van der Waals surface area contributed by atoms with Gasteiger partial charge < -0.3 is 14.4 Å². The normalized spacial score (nSPS) is 14.5. The first-order chi connectivity index (χ1) is 15.1. The third-order valence-corrected chi connectivity index (χ3v) is 6.28. The Bertz CT molecular complexity index is 996. The first kappa shape index (κ1) is 21.3. The van der Waals surface area contributed by atoms with Crippen LogP contribution >= 0.6 is 11.3 Å². The minimum Gasteiger partial charge on any atom is -0.497 e. The maximum absolute atomic E-state index is 13.1. The summed E-state index contributed by atoms with van der Waals surface area (Å²) < 4.78 is 24.0. The fourth-order valence-electron chi connectivity index (χ4n) is 3.51. The number of carbonyl (C=O) groups is 1. The fourth-order valence-corrected chi connectivity index (χ4v) is 4.38. The molecule has 2 heterocycles. The molecular formula is C24H25FN2O3S. The Balaban J connectivity index is 1.26. The summed E-state index contributed by atoms with van der Waals surface area (Å²) in [6.07, 6.45) is 0. The van der Waals surface area contributed by atoms with Gasteiger partial charge in [-0.25, -0.2) is 4.39 Å². The van der Waals surface area contributed by atoms with Gasteiger partial charge in [0.25, 0.3) is 5.91 Å². The largest absolute Gasteiger partial charge is 0.497 e. The summed E-state index contributed by atoms with van der Waals surface area (Å²) in [6.45, 7) is 4.19. The Morgan fingerprint density at radius 3 is 2.32 bits per heavy atom. The Morgan fingerprint density at radius 2 is 1.65 bits per heavy atom. The molecule has 1 amide bonds. The van der Waals surface area contributed by atoms with Crippen LogP contribution in [0.15, 0.2) is 60.0 Å². The Kier molecular flexibility index (Phi) is 6.84. The zero-order chi connectivity index (χ0) is 21.6. The van der Waals surface area contributed by atoms with Gasteiger partial charge in [0.2, 0.25) is 0 Å². The van der Waals surface area contributed by atoms with E-state index in [0.717, 1.165) is 47.1 Å². The predicted molar refractivity (Wildman–Crippen MR) is 119 cm³/mol. The van der Waals surface area contributed by atoms with E-state index in [1.54, 1.807) is 7.11 Å². The highest BCUT2D eigenvalue weighted by atomic mass is 32.1. The molecule has 0 bridgehead atoms. The van der Waals surface area contributed by atoms with Crippen LogP contribution < -0.4 is 9.47 Å². The number of carbonyl (C=O) groups excluding carboxylic acids is 1. The number of hydrogen-bond acceptors (Lipinski definition) is 5. The molecular weight excluding hydrogens is 415 g/mol. The van der Waals surface area contributed by atoms with Crippen molar-refractivity contribution in [3.8, 4) is 11.5 Å². The molecule has 1 aliphatic heterocycles. The van der Waals surface area contributed by atoms with Crippen LogP contribution in [-0.2, 0) is 13.2 Å². The van der Waals surface area contributed by atoms with Gasteiger partial charge in [0.05, 0.1) is 12.0 Å². The van der Waals surface area contributed by atoms with Gasteiger partial charge in [0.1, 0.15) is 23.9 Å². The molecule has 31 heavy (non-hydrogen) atoms. The molecule has 0 aliphatic carbocycles. The maximum atomic E-state index is 13.1. The first-order valence-corrected chi connectivity index (χ1v) is 11.1. The number of nitrogens with zero attached hydrogens (tertiary/aromatic N) is 2. The summed E-state index contributed by atoms with van der Waals surface area (Å²) in [5.74, 6) is 1.40. The molecule has 7 heteroatoms. The third kappa shape index (κ3) is 5.62.